The van der Waals surface area contributed by atoms with Gasteiger partial charge in [0, 0.05) is 99.3 Å². The van der Waals surface area contributed by atoms with E-state index in [0.29, 0.717) is 53.7 Å². The van der Waals surface area contributed by atoms with Crippen molar-refractivity contribution in [3.8, 4) is 62.7 Å². The first kappa shape index (κ1) is 99.0. The summed E-state index contributed by atoms with van der Waals surface area (Å²) in [5.74, 6) is 2.07. The van der Waals surface area contributed by atoms with Gasteiger partial charge < -0.3 is 52.7 Å². The zero-order valence-corrected chi connectivity index (χ0v) is 84.1. The molecule has 0 aliphatic rings. The van der Waals surface area contributed by atoms with E-state index in [4.69, 9.17) is 60.2 Å². The van der Waals surface area contributed by atoms with Crippen LogP contribution in [0.5, 0.6) is 12.0 Å². The molecule has 0 bridgehead atoms. The van der Waals surface area contributed by atoms with Crippen molar-refractivity contribution in [2.45, 2.75) is 132 Å². The molecule has 6 aromatic carbocycles. The fraction of sp³-hybridized carbons (Fsp3) is 0.237. The number of aromatic nitrogens is 16. The molecule has 3 atom stereocenters. The Morgan fingerprint density at radius 3 is 1.17 bits per heavy atom. The summed E-state index contributed by atoms with van der Waals surface area (Å²) < 4.78 is 21.7. The number of halogens is 3. The van der Waals surface area contributed by atoms with Gasteiger partial charge in [0.05, 0.1) is 95.6 Å². The molecule has 29 nitrogen and oxygen atoms in total. The third kappa shape index (κ3) is 24.0. The molecule has 0 amide bonds. The number of rotatable bonds is 28. The SMILES string of the molecule is CCC[CH2][Sn]([CH2]CCC)([CH2]CCC)[c]1csc(C)n1.COc1ncc(-c2cccc3cc([C@H](C)Nc4nc(N)ncc4-c4csc(C)n4)n(-c4ccccc4)c(=O)c23)cn1.COc1ncc(B(O)O)cn1.C[C@H](Nc1nc(N)ncc1Br)c1cc2cccc(Cl)c2c(=O)n1-c1ccccc1.Cc1nc(-c2cnc(N)nc2N[C@@H](C)c2cc3cccc(Cl)c3c(=O)n2-c2ccccc2)cs1. The Balaban J connectivity index is 0.000000150. The second-order valence-electron chi connectivity index (χ2n) is 31.5. The summed E-state index contributed by atoms with van der Waals surface area (Å²) in [4.78, 5) is 96.9. The summed E-state index contributed by atoms with van der Waals surface area (Å²) in [5, 5.41) is 41.7. The molecule has 11 aromatic heterocycles. The van der Waals surface area contributed by atoms with Crippen molar-refractivity contribution in [1.82, 2.24) is 78.5 Å². The number of hydrogen-bond donors (Lipinski definition) is 8. The second-order valence-corrected chi connectivity index (χ2v) is 49.4. The minimum atomic E-state index is -2.18. The van der Waals surface area contributed by atoms with E-state index in [-0.39, 0.29) is 70.1 Å². The Labute approximate surface area is 810 Å². The van der Waals surface area contributed by atoms with Gasteiger partial charge in [-0.25, -0.2) is 44.9 Å². The summed E-state index contributed by atoms with van der Waals surface area (Å²) in [6, 6.07) is 50.7. The third-order valence-corrected chi connectivity index (χ3v) is 41.3. The van der Waals surface area contributed by atoms with Gasteiger partial charge in [-0.1, -0.05) is 120 Å². The average Bonchev–Trinajstić information content (AvgIpc) is 0.931. The number of para-hydroxylation sites is 3. The Morgan fingerprint density at radius 1 is 0.440 bits per heavy atom. The number of hydrogen-bond acceptors (Lipinski definition) is 29. The molecule has 11 heterocycles. The molecule has 688 valence electrons. The third-order valence-electron chi connectivity index (χ3n) is 22.2. The number of nitrogens with zero attached hydrogens (tertiary/aromatic N) is 16. The fourth-order valence-electron chi connectivity index (χ4n) is 15.5. The molecule has 0 radical (unpaired) electrons. The minimum Gasteiger partial charge on any atom is -0.467 e. The molecule has 0 saturated heterocycles. The van der Waals surface area contributed by atoms with Crippen LogP contribution in [0.3, 0.4) is 0 Å². The maximum Gasteiger partial charge on any atom is 0.491 e. The smallest absolute Gasteiger partial charge is 0.467 e. The molecular weight excluding hydrogens is 1960 g/mol. The number of benzene rings is 6. The number of methoxy groups -OCH3 is 2. The standard InChI is InChI=1S/C30H26N8O2S.C25H21ClN6OS.C21H17BrClN5O.C5H7BN2O3.C4H4NS.3C4H9.Sn/c1-17(35-27-23(15-32-29(31)37-27)24-16-41-18(2)36-24)25-12-19-8-7-11-22(20-13-33-30(40-3)34-14-20)26(19)28(39)38(25)21-9-5-4-6-10-21;1-14(29-23-18(12-28-25(27)31-23)20-13-34-15(2)30-20)21-11-16-7-6-10-19(26)22(16)24(33)32(21)17-8-4-3-5-9-17;1-12(26-19-15(22)11-25-21(24)27-19)17-10-13-6-5-9-16(23)18(13)20(29)28(17)14-7-3-2-4-8-14;1-11-5-7-2-4(3-8-5)6(9)10;1-4-5-2-3-6-4;3*1-3-4-2;/h4-17H,1-3H3,(H3,31,32,35,37);3-14H,1-2H3,(H3,27,28,29,31);2-12H,1H3,(H3,24,25,26,27);2-3,9-10H,1H3;3H,1H3;3*1,3-4H2,2H3;/t17-;14-;12-;;;;;;/m000....../s1. The summed E-state index contributed by atoms with van der Waals surface area (Å²) in [6.07, 6.45) is 19.1. The zero-order chi connectivity index (χ0) is 95.3. The second kappa shape index (κ2) is 46.4. The number of nitrogens with one attached hydrogen (secondary N) is 3. The average molecular weight is 2060 g/mol. The van der Waals surface area contributed by atoms with E-state index in [9.17, 15) is 14.4 Å². The van der Waals surface area contributed by atoms with E-state index in [1.54, 1.807) is 83.2 Å². The number of nitrogens with two attached hydrogens (primary N) is 3. The van der Waals surface area contributed by atoms with Crippen LogP contribution in [0.25, 0.3) is 83.0 Å². The Morgan fingerprint density at radius 2 is 0.799 bits per heavy atom. The van der Waals surface area contributed by atoms with E-state index < -0.39 is 25.5 Å². The molecule has 17 rings (SSSR count). The normalized spacial score (nSPS) is 11.8. The first-order valence-electron chi connectivity index (χ1n) is 43.4. The molecule has 0 unspecified atom stereocenters. The van der Waals surface area contributed by atoms with Gasteiger partial charge in [0.25, 0.3) is 16.7 Å². The topological polar surface area (TPSA) is 407 Å². The fourth-order valence-corrected chi connectivity index (χ4v) is 35.5. The van der Waals surface area contributed by atoms with E-state index >= 15 is 0 Å². The van der Waals surface area contributed by atoms with Gasteiger partial charge in [-0.3, -0.25) is 28.1 Å². The molecule has 0 aliphatic carbocycles. The van der Waals surface area contributed by atoms with Crippen LogP contribution < -0.4 is 68.5 Å². The van der Waals surface area contributed by atoms with Crippen molar-refractivity contribution < 1.29 is 19.5 Å². The van der Waals surface area contributed by atoms with Crippen LogP contribution in [0.15, 0.2) is 242 Å². The Hall–Kier alpha value is -12.5. The predicted octanol–water partition coefficient (Wildman–Crippen LogP) is 19.7. The van der Waals surface area contributed by atoms with Gasteiger partial charge in [-0.15, -0.1) is 22.7 Å². The number of unbranched alkanes of at least 4 members (excludes halogenated alkanes) is 3. The number of thiazole rings is 3. The van der Waals surface area contributed by atoms with Crippen molar-refractivity contribution >= 4 is 175 Å². The number of ether oxygens (including phenoxy) is 2. The van der Waals surface area contributed by atoms with Crippen molar-refractivity contribution in [3.63, 3.8) is 0 Å². The van der Waals surface area contributed by atoms with Gasteiger partial charge in [-0.2, -0.15) is 15.0 Å². The van der Waals surface area contributed by atoms with Crippen molar-refractivity contribution in [3.05, 3.63) is 301 Å². The van der Waals surface area contributed by atoms with Crippen LogP contribution in [0.2, 0.25) is 23.4 Å². The molecule has 17 aromatic rings. The maximum atomic E-state index is 14.4. The molecule has 37 heteroatoms. The van der Waals surface area contributed by atoms with Crippen LogP contribution in [0.4, 0.5) is 35.3 Å². The molecular formula is C97H102BBrCl2N22O7S3Sn. The summed E-state index contributed by atoms with van der Waals surface area (Å²) in [6.45, 7) is 19.0. The van der Waals surface area contributed by atoms with Gasteiger partial charge in [-0.05, 0) is 139 Å². The van der Waals surface area contributed by atoms with Crippen LogP contribution in [-0.4, -0.2) is 128 Å². The van der Waals surface area contributed by atoms with Crippen molar-refractivity contribution in [2.24, 2.45) is 0 Å². The van der Waals surface area contributed by atoms with Crippen LogP contribution >= 0.6 is 73.1 Å². The number of pyridine rings is 3. The summed E-state index contributed by atoms with van der Waals surface area (Å²) in [7, 11) is 1.42. The first-order valence-corrected chi connectivity index (χ1v) is 55.1. The quantitative estimate of drug-likeness (QED) is 0.0211. The molecule has 0 aliphatic heterocycles. The van der Waals surface area contributed by atoms with E-state index in [2.05, 4.69) is 129 Å². The van der Waals surface area contributed by atoms with Gasteiger partial charge in [0.2, 0.25) is 17.8 Å². The Bertz CT molecular complexity index is 7060. The zero-order valence-electron chi connectivity index (χ0n) is 75.7. The van der Waals surface area contributed by atoms with E-state index in [1.165, 1.54) is 83.5 Å². The van der Waals surface area contributed by atoms with Crippen LogP contribution in [0.1, 0.15) is 130 Å². The number of fused-ring (bicyclic) bond motifs is 3. The summed E-state index contributed by atoms with van der Waals surface area (Å²) >= 11 is 19.0. The molecule has 134 heavy (non-hydrogen) atoms. The summed E-state index contributed by atoms with van der Waals surface area (Å²) in [5.41, 5.74) is 26.3. The van der Waals surface area contributed by atoms with Crippen molar-refractivity contribution in [1.29, 1.82) is 0 Å². The number of aryl methyl sites for hydroxylation is 3. The molecule has 11 N–H and O–H groups in total. The van der Waals surface area contributed by atoms with Crippen molar-refractivity contribution in [2.75, 3.05) is 47.4 Å². The molecule has 0 saturated carbocycles. The largest absolute Gasteiger partial charge is 0.491 e. The van der Waals surface area contributed by atoms with Crippen LogP contribution in [0, 0.1) is 20.8 Å². The minimum absolute atomic E-state index is 0.140. The molecule has 0 spiro atoms. The van der Waals surface area contributed by atoms with Gasteiger partial charge in [0.15, 0.2) is 0 Å². The van der Waals surface area contributed by atoms with E-state index in [0.717, 1.165) is 88.4 Å². The first-order chi connectivity index (χ1) is 64.7. The monoisotopic (exact) mass is 2060 g/mol. The van der Waals surface area contributed by atoms with Gasteiger partial charge in [0.1, 0.15) is 17.5 Å². The predicted molar refractivity (Wildman–Crippen MR) is 551 cm³/mol. The molecule has 0 fully saturated rings. The van der Waals surface area contributed by atoms with Gasteiger partial charge >= 0.3 is 147 Å². The Kier molecular flexibility index (Phi) is 34.3. The number of nitrogen functional groups attached to an aromatic ring is 3. The maximum absolute atomic E-state index is 14.4. The van der Waals surface area contributed by atoms with Crippen LogP contribution in [-0.2, 0) is 0 Å². The van der Waals surface area contributed by atoms with E-state index in [1.807, 2.05) is 208 Å². The number of anilines is 6.